The molecule has 110 valence electrons. The summed E-state index contributed by atoms with van der Waals surface area (Å²) < 4.78 is 0. The molecule has 1 aliphatic rings. The molecule has 3 heteroatoms. The van der Waals surface area contributed by atoms with Crippen molar-refractivity contribution < 1.29 is 4.79 Å². The van der Waals surface area contributed by atoms with Crippen LogP contribution >= 0.6 is 11.6 Å². The molecule has 1 amide bonds. The van der Waals surface area contributed by atoms with Crippen LogP contribution in [0.3, 0.4) is 0 Å². The largest absolute Gasteiger partial charge is 0.352 e. The summed E-state index contributed by atoms with van der Waals surface area (Å²) in [6.45, 7) is 5.03. The summed E-state index contributed by atoms with van der Waals surface area (Å²) >= 11 is 5.77. The van der Waals surface area contributed by atoms with E-state index in [0.717, 1.165) is 24.0 Å². The molecule has 0 spiro atoms. The molecule has 1 aliphatic carbocycles. The number of nitrogens with one attached hydrogen (secondary N) is 1. The Morgan fingerprint density at radius 3 is 2.50 bits per heavy atom. The van der Waals surface area contributed by atoms with Gasteiger partial charge in [-0.2, -0.15) is 0 Å². The zero-order chi connectivity index (χ0) is 14.6. The van der Waals surface area contributed by atoms with E-state index in [2.05, 4.69) is 19.2 Å². The normalized spacial score (nSPS) is 21.4. The molecule has 20 heavy (non-hydrogen) atoms. The van der Waals surface area contributed by atoms with E-state index in [-0.39, 0.29) is 17.2 Å². The highest BCUT2D eigenvalue weighted by Gasteiger charge is 2.36. The highest BCUT2D eigenvalue weighted by atomic mass is 35.5. The molecule has 2 nitrogen and oxygen atoms in total. The quantitative estimate of drug-likeness (QED) is 0.826. The summed E-state index contributed by atoms with van der Waals surface area (Å²) in [4.78, 5) is 12.4. The summed E-state index contributed by atoms with van der Waals surface area (Å²) in [5, 5.41) is 3.09. The number of carbonyl (C=O) groups is 1. The van der Waals surface area contributed by atoms with Gasteiger partial charge >= 0.3 is 0 Å². The molecule has 1 fully saturated rings. The monoisotopic (exact) mass is 293 g/mol. The smallest absolute Gasteiger partial charge is 0.223 e. The second kappa shape index (κ2) is 6.62. The van der Waals surface area contributed by atoms with Crippen LogP contribution in [-0.4, -0.2) is 5.91 Å². The third-order valence-electron chi connectivity index (χ3n) is 4.47. The number of hydrogen-bond donors (Lipinski definition) is 1. The Morgan fingerprint density at radius 2 is 1.90 bits per heavy atom. The highest BCUT2D eigenvalue weighted by molar-refractivity contribution is 6.17. The summed E-state index contributed by atoms with van der Waals surface area (Å²) in [6.07, 6.45) is 4.59. The number of carbonyl (C=O) groups excluding carboxylic acids is 1. The van der Waals surface area contributed by atoms with Crippen LogP contribution in [-0.2, 0) is 17.2 Å². The molecule has 0 saturated heterocycles. The van der Waals surface area contributed by atoms with Crippen LogP contribution in [0.15, 0.2) is 24.3 Å². The predicted octanol–water partition coefficient (Wildman–Crippen LogP) is 4.26. The summed E-state index contributed by atoms with van der Waals surface area (Å²) in [5.74, 6) is 0.887. The fourth-order valence-corrected chi connectivity index (χ4v) is 3.22. The first-order valence-electron chi connectivity index (χ1n) is 7.44. The fourth-order valence-electron chi connectivity index (χ4n) is 3.04. The van der Waals surface area contributed by atoms with Gasteiger partial charge in [0.25, 0.3) is 0 Å². The maximum atomic E-state index is 12.4. The minimum Gasteiger partial charge on any atom is -0.352 e. The first-order valence-corrected chi connectivity index (χ1v) is 7.98. The van der Waals surface area contributed by atoms with E-state index in [9.17, 15) is 4.79 Å². The SMILES string of the molecule is CC1(C)CCCCC1C(=O)NCc1ccc(CCl)cc1. The highest BCUT2D eigenvalue weighted by Crippen LogP contribution is 2.40. The summed E-state index contributed by atoms with van der Waals surface area (Å²) in [7, 11) is 0. The summed E-state index contributed by atoms with van der Waals surface area (Å²) in [6, 6.07) is 8.09. The zero-order valence-electron chi connectivity index (χ0n) is 12.4. The van der Waals surface area contributed by atoms with E-state index in [0.29, 0.717) is 12.4 Å². The van der Waals surface area contributed by atoms with Gasteiger partial charge in [-0.1, -0.05) is 51.0 Å². The minimum absolute atomic E-state index is 0.130. The molecular formula is C17H24ClNO. The first-order chi connectivity index (χ1) is 9.53. The third-order valence-corrected chi connectivity index (χ3v) is 4.78. The Balaban J connectivity index is 1.90. The number of amides is 1. The number of alkyl halides is 1. The van der Waals surface area contributed by atoms with E-state index in [4.69, 9.17) is 11.6 Å². The molecule has 1 unspecified atom stereocenters. The van der Waals surface area contributed by atoms with Crippen LogP contribution in [0.25, 0.3) is 0 Å². The van der Waals surface area contributed by atoms with Gasteiger partial charge < -0.3 is 5.32 Å². The molecule has 1 atom stereocenters. The van der Waals surface area contributed by atoms with Gasteiger partial charge in [-0.15, -0.1) is 11.6 Å². The molecule has 0 radical (unpaired) electrons. The van der Waals surface area contributed by atoms with E-state index >= 15 is 0 Å². The lowest BCUT2D eigenvalue weighted by Crippen LogP contribution is -2.40. The van der Waals surface area contributed by atoms with Crippen molar-refractivity contribution in [1.82, 2.24) is 5.32 Å². The maximum absolute atomic E-state index is 12.4. The fraction of sp³-hybridized carbons (Fsp3) is 0.588. The Hall–Kier alpha value is -1.02. The maximum Gasteiger partial charge on any atom is 0.223 e. The lowest BCUT2D eigenvalue weighted by atomic mass is 9.68. The average Bonchev–Trinajstić information content (AvgIpc) is 2.45. The second-order valence-corrected chi connectivity index (χ2v) is 6.72. The topological polar surface area (TPSA) is 29.1 Å². The van der Waals surface area contributed by atoms with Crippen molar-refractivity contribution in [3.05, 3.63) is 35.4 Å². The van der Waals surface area contributed by atoms with E-state index < -0.39 is 0 Å². The van der Waals surface area contributed by atoms with Crippen LogP contribution in [0.4, 0.5) is 0 Å². The van der Waals surface area contributed by atoms with Crippen LogP contribution in [0, 0.1) is 11.3 Å². The molecule has 0 bridgehead atoms. The van der Waals surface area contributed by atoms with Crippen LogP contribution < -0.4 is 5.32 Å². The molecule has 0 aliphatic heterocycles. The summed E-state index contributed by atoms with van der Waals surface area (Å²) in [5.41, 5.74) is 2.36. The van der Waals surface area contributed by atoms with Gasteiger partial charge in [0.1, 0.15) is 0 Å². The van der Waals surface area contributed by atoms with Crippen LogP contribution in [0.5, 0.6) is 0 Å². The molecule has 1 N–H and O–H groups in total. The number of hydrogen-bond acceptors (Lipinski definition) is 1. The van der Waals surface area contributed by atoms with Crippen LogP contribution in [0.1, 0.15) is 50.7 Å². The Kier molecular flexibility index (Phi) is 5.09. The molecule has 0 aromatic heterocycles. The molecule has 0 heterocycles. The van der Waals surface area contributed by atoms with Crippen molar-refractivity contribution in [2.75, 3.05) is 0 Å². The van der Waals surface area contributed by atoms with E-state index in [1.165, 1.54) is 12.8 Å². The molecule has 1 aromatic carbocycles. The molecule has 2 rings (SSSR count). The van der Waals surface area contributed by atoms with Gasteiger partial charge in [0.15, 0.2) is 0 Å². The Morgan fingerprint density at radius 1 is 1.25 bits per heavy atom. The Labute approximate surface area is 126 Å². The third kappa shape index (κ3) is 3.76. The van der Waals surface area contributed by atoms with Gasteiger partial charge in [0.05, 0.1) is 0 Å². The van der Waals surface area contributed by atoms with Crippen molar-refractivity contribution >= 4 is 17.5 Å². The minimum atomic E-state index is 0.130. The number of benzene rings is 1. The van der Waals surface area contributed by atoms with Crippen LogP contribution in [0.2, 0.25) is 0 Å². The lowest BCUT2D eigenvalue weighted by molar-refractivity contribution is -0.130. The van der Waals surface area contributed by atoms with Gasteiger partial charge in [0.2, 0.25) is 5.91 Å². The van der Waals surface area contributed by atoms with E-state index in [1.807, 2.05) is 24.3 Å². The Bertz CT molecular complexity index is 453. The molecular weight excluding hydrogens is 270 g/mol. The second-order valence-electron chi connectivity index (χ2n) is 6.45. The van der Waals surface area contributed by atoms with Crippen molar-refractivity contribution in [1.29, 1.82) is 0 Å². The molecule has 1 aromatic rings. The van der Waals surface area contributed by atoms with Gasteiger partial charge in [0, 0.05) is 18.3 Å². The van der Waals surface area contributed by atoms with Crippen molar-refractivity contribution in [2.24, 2.45) is 11.3 Å². The van der Waals surface area contributed by atoms with Gasteiger partial charge in [-0.05, 0) is 29.4 Å². The lowest BCUT2D eigenvalue weighted by Gasteiger charge is -2.37. The van der Waals surface area contributed by atoms with E-state index in [1.54, 1.807) is 0 Å². The predicted molar refractivity (Wildman–Crippen MR) is 83.6 cm³/mol. The van der Waals surface area contributed by atoms with Gasteiger partial charge in [-0.25, -0.2) is 0 Å². The standard InChI is InChI=1S/C17H24ClNO/c1-17(2)10-4-3-5-15(17)16(20)19-12-14-8-6-13(11-18)7-9-14/h6-9,15H,3-5,10-12H2,1-2H3,(H,19,20). The number of rotatable bonds is 4. The number of halogens is 1. The average molecular weight is 294 g/mol. The van der Waals surface area contributed by atoms with Crippen molar-refractivity contribution in [3.8, 4) is 0 Å². The van der Waals surface area contributed by atoms with Crippen molar-refractivity contribution in [3.63, 3.8) is 0 Å². The van der Waals surface area contributed by atoms with Crippen molar-refractivity contribution in [2.45, 2.75) is 52.0 Å². The zero-order valence-corrected chi connectivity index (χ0v) is 13.2. The first kappa shape index (κ1) is 15.4. The van der Waals surface area contributed by atoms with Gasteiger partial charge in [-0.3, -0.25) is 4.79 Å². The molecule has 1 saturated carbocycles.